The highest BCUT2D eigenvalue weighted by Gasteiger charge is 2.08. The SMILES string of the molecule is C[C@@H](Cc1ccccc1)NCC(=O)c1ccc(Cl)cc1.Cl. The van der Waals surface area contributed by atoms with Crippen molar-refractivity contribution in [2.45, 2.75) is 19.4 Å². The topological polar surface area (TPSA) is 29.1 Å². The van der Waals surface area contributed by atoms with E-state index >= 15 is 0 Å². The smallest absolute Gasteiger partial charge is 0.176 e. The van der Waals surface area contributed by atoms with Crippen molar-refractivity contribution in [2.24, 2.45) is 0 Å². The summed E-state index contributed by atoms with van der Waals surface area (Å²) in [6.07, 6.45) is 0.911. The van der Waals surface area contributed by atoms with Gasteiger partial charge in [-0.3, -0.25) is 4.79 Å². The van der Waals surface area contributed by atoms with Crippen LogP contribution in [0.1, 0.15) is 22.8 Å². The average molecular weight is 324 g/mol. The minimum Gasteiger partial charge on any atom is -0.307 e. The molecule has 0 unspecified atom stereocenters. The Bertz CT molecular complexity index is 555. The van der Waals surface area contributed by atoms with Crippen LogP contribution in [0.25, 0.3) is 0 Å². The highest BCUT2D eigenvalue weighted by atomic mass is 35.5. The molecule has 2 nitrogen and oxygen atoms in total. The maximum absolute atomic E-state index is 12.0. The Morgan fingerprint density at radius 1 is 1.10 bits per heavy atom. The summed E-state index contributed by atoms with van der Waals surface area (Å²) in [7, 11) is 0. The molecule has 21 heavy (non-hydrogen) atoms. The Kier molecular flexibility index (Phi) is 7.44. The zero-order chi connectivity index (χ0) is 14.4. The Labute approximate surface area is 136 Å². The van der Waals surface area contributed by atoms with Crippen LogP contribution in [0, 0.1) is 0 Å². The summed E-state index contributed by atoms with van der Waals surface area (Å²) in [6, 6.07) is 17.5. The first kappa shape index (κ1) is 17.7. The molecule has 0 bridgehead atoms. The molecule has 0 saturated heterocycles. The molecule has 0 radical (unpaired) electrons. The van der Waals surface area contributed by atoms with Crippen LogP contribution in [0.2, 0.25) is 5.02 Å². The zero-order valence-electron chi connectivity index (χ0n) is 11.9. The van der Waals surface area contributed by atoms with E-state index in [-0.39, 0.29) is 24.2 Å². The lowest BCUT2D eigenvalue weighted by molar-refractivity contribution is 0.0988. The van der Waals surface area contributed by atoms with Gasteiger partial charge in [0.15, 0.2) is 5.78 Å². The van der Waals surface area contributed by atoms with Crippen LogP contribution in [-0.4, -0.2) is 18.4 Å². The molecule has 2 aromatic rings. The second kappa shape index (κ2) is 8.83. The Morgan fingerprint density at radius 2 is 1.71 bits per heavy atom. The largest absolute Gasteiger partial charge is 0.307 e. The molecule has 0 fully saturated rings. The van der Waals surface area contributed by atoms with E-state index in [0.717, 1.165) is 6.42 Å². The van der Waals surface area contributed by atoms with E-state index in [1.54, 1.807) is 24.3 Å². The minimum atomic E-state index is 0. The van der Waals surface area contributed by atoms with Crippen LogP contribution in [-0.2, 0) is 6.42 Å². The highest BCUT2D eigenvalue weighted by Crippen LogP contribution is 2.10. The van der Waals surface area contributed by atoms with E-state index in [0.29, 0.717) is 17.1 Å². The summed E-state index contributed by atoms with van der Waals surface area (Å²) < 4.78 is 0. The Morgan fingerprint density at radius 3 is 2.33 bits per heavy atom. The van der Waals surface area contributed by atoms with E-state index < -0.39 is 0 Å². The number of hydrogen-bond acceptors (Lipinski definition) is 2. The first-order valence-corrected chi connectivity index (χ1v) is 7.09. The van der Waals surface area contributed by atoms with Crippen LogP contribution in [0.4, 0.5) is 0 Å². The Hall–Kier alpha value is -1.35. The summed E-state index contributed by atoms with van der Waals surface area (Å²) in [5.41, 5.74) is 1.96. The molecule has 2 rings (SSSR count). The summed E-state index contributed by atoms with van der Waals surface area (Å²) in [5, 5.41) is 3.91. The molecule has 0 aliphatic carbocycles. The summed E-state index contributed by atoms with van der Waals surface area (Å²) in [6.45, 7) is 2.43. The number of nitrogens with one attached hydrogen (secondary N) is 1. The van der Waals surface area contributed by atoms with Gasteiger partial charge in [0.1, 0.15) is 0 Å². The third kappa shape index (κ3) is 5.88. The molecule has 4 heteroatoms. The summed E-state index contributed by atoms with van der Waals surface area (Å²) in [5.74, 6) is 0.0848. The predicted molar refractivity (Wildman–Crippen MR) is 90.6 cm³/mol. The third-order valence-corrected chi connectivity index (χ3v) is 3.41. The van der Waals surface area contributed by atoms with Gasteiger partial charge in [-0.25, -0.2) is 0 Å². The van der Waals surface area contributed by atoms with Crippen molar-refractivity contribution in [2.75, 3.05) is 6.54 Å². The lowest BCUT2D eigenvalue weighted by atomic mass is 10.1. The van der Waals surface area contributed by atoms with Crippen LogP contribution in [0.3, 0.4) is 0 Å². The fourth-order valence-corrected chi connectivity index (χ4v) is 2.17. The number of carbonyl (C=O) groups is 1. The number of rotatable bonds is 6. The molecule has 1 N–H and O–H groups in total. The monoisotopic (exact) mass is 323 g/mol. The van der Waals surface area contributed by atoms with Crippen LogP contribution >= 0.6 is 24.0 Å². The van der Waals surface area contributed by atoms with Crippen molar-refractivity contribution in [1.82, 2.24) is 5.32 Å². The third-order valence-electron chi connectivity index (χ3n) is 3.16. The van der Waals surface area contributed by atoms with Crippen molar-refractivity contribution in [3.63, 3.8) is 0 Å². The van der Waals surface area contributed by atoms with E-state index in [1.807, 2.05) is 18.2 Å². The van der Waals surface area contributed by atoms with Gasteiger partial charge in [-0.1, -0.05) is 41.9 Å². The fourth-order valence-electron chi connectivity index (χ4n) is 2.04. The van der Waals surface area contributed by atoms with Crippen molar-refractivity contribution in [3.8, 4) is 0 Å². The zero-order valence-corrected chi connectivity index (χ0v) is 13.5. The molecule has 0 aliphatic rings. The quantitative estimate of drug-likeness (QED) is 0.808. The van der Waals surface area contributed by atoms with E-state index in [1.165, 1.54) is 5.56 Å². The molecule has 2 aromatic carbocycles. The van der Waals surface area contributed by atoms with Gasteiger partial charge in [0.25, 0.3) is 0 Å². The lowest BCUT2D eigenvalue weighted by Crippen LogP contribution is -2.33. The van der Waals surface area contributed by atoms with Gasteiger partial charge in [0.2, 0.25) is 0 Å². The molecular formula is C17H19Cl2NO. The maximum Gasteiger partial charge on any atom is 0.176 e. The highest BCUT2D eigenvalue weighted by molar-refractivity contribution is 6.30. The molecular weight excluding hydrogens is 305 g/mol. The minimum absolute atomic E-state index is 0. The normalized spacial score (nSPS) is 11.5. The number of hydrogen-bond donors (Lipinski definition) is 1. The molecule has 0 spiro atoms. The Balaban J connectivity index is 0.00000220. The molecule has 0 aliphatic heterocycles. The number of carbonyl (C=O) groups excluding carboxylic acids is 1. The second-order valence-electron chi connectivity index (χ2n) is 4.90. The van der Waals surface area contributed by atoms with Gasteiger partial charge in [-0.2, -0.15) is 0 Å². The van der Waals surface area contributed by atoms with E-state index in [4.69, 9.17) is 11.6 Å². The predicted octanol–water partition coefficient (Wildman–Crippen LogP) is 4.17. The molecule has 0 aromatic heterocycles. The standard InChI is InChI=1S/C17H18ClNO.ClH/c1-13(11-14-5-3-2-4-6-14)19-12-17(20)15-7-9-16(18)10-8-15;/h2-10,13,19H,11-12H2,1H3;1H/t13-;/m0./s1. The second-order valence-corrected chi connectivity index (χ2v) is 5.34. The van der Waals surface area contributed by atoms with Gasteiger partial charge in [-0.05, 0) is 43.2 Å². The first-order chi connectivity index (χ1) is 9.65. The molecule has 1 atom stereocenters. The van der Waals surface area contributed by atoms with Gasteiger partial charge < -0.3 is 5.32 Å². The van der Waals surface area contributed by atoms with E-state index in [2.05, 4.69) is 24.4 Å². The average Bonchev–Trinajstić information content (AvgIpc) is 2.46. The van der Waals surface area contributed by atoms with Crippen LogP contribution in [0.15, 0.2) is 54.6 Å². The lowest BCUT2D eigenvalue weighted by Gasteiger charge is -2.13. The molecule has 0 amide bonds. The van der Waals surface area contributed by atoms with Gasteiger partial charge >= 0.3 is 0 Å². The molecule has 0 heterocycles. The first-order valence-electron chi connectivity index (χ1n) is 6.71. The van der Waals surface area contributed by atoms with Gasteiger partial charge in [0, 0.05) is 16.6 Å². The number of Topliss-reactive ketones (excluding diaryl/α,β-unsaturated/α-hetero) is 1. The molecule has 112 valence electrons. The molecule has 0 saturated carbocycles. The number of benzene rings is 2. The number of halogens is 2. The van der Waals surface area contributed by atoms with Crippen molar-refractivity contribution in [1.29, 1.82) is 0 Å². The van der Waals surface area contributed by atoms with E-state index in [9.17, 15) is 4.79 Å². The van der Waals surface area contributed by atoms with Crippen LogP contribution in [0.5, 0.6) is 0 Å². The van der Waals surface area contributed by atoms with Gasteiger partial charge in [-0.15, -0.1) is 12.4 Å². The van der Waals surface area contributed by atoms with Crippen molar-refractivity contribution in [3.05, 3.63) is 70.7 Å². The number of ketones is 1. The fraction of sp³-hybridized carbons (Fsp3) is 0.235. The summed E-state index contributed by atoms with van der Waals surface area (Å²) >= 11 is 5.81. The van der Waals surface area contributed by atoms with Crippen LogP contribution < -0.4 is 5.32 Å². The van der Waals surface area contributed by atoms with Gasteiger partial charge in [0.05, 0.1) is 6.54 Å². The van der Waals surface area contributed by atoms with Crippen molar-refractivity contribution >= 4 is 29.8 Å². The maximum atomic E-state index is 12.0. The van der Waals surface area contributed by atoms with Crippen molar-refractivity contribution < 1.29 is 4.79 Å². The summed E-state index contributed by atoms with van der Waals surface area (Å²) in [4.78, 5) is 12.0.